The number of anilines is 1. The van der Waals surface area contributed by atoms with E-state index in [1.54, 1.807) is 30.3 Å². The average Bonchev–Trinajstić information content (AvgIpc) is 2.81. The number of thiocarbonyl (C=S) groups is 1. The van der Waals surface area contributed by atoms with E-state index in [9.17, 15) is 20.0 Å². The van der Waals surface area contributed by atoms with Crippen LogP contribution in [0.5, 0.6) is 0 Å². The molecule has 0 aliphatic carbocycles. The predicted molar refractivity (Wildman–Crippen MR) is 122 cm³/mol. The number of para-hydroxylation sites is 4. The number of hydrogen-bond donors (Lipinski definition) is 5. The molecule has 6 N–H and O–H groups in total. The Labute approximate surface area is 192 Å². The molecule has 0 saturated heterocycles. The number of carbonyl (C=O) groups is 2. The van der Waals surface area contributed by atoms with Crippen molar-refractivity contribution in [1.82, 2.24) is 15.4 Å². The van der Waals surface area contributed by atoms with E-state index in [4.69, 9.17) is 22.7 Å². The molecule has 1 heterocycles. The van der Waals surface area contributed by atoms with Crippen molar-refractivity contribution in [2.75, 3.05) is 12.4 Å². The second-order valence-electron chi connectivity index (χ2n) is 6.52. The quantitative estimate of drug-likeness (QED) is 0.138. The van der Waals surface area contributed by atoms with Crippen molar-refractivity contribution in [2.24, 2.45) is 10.8 Å². The molecule has 2 atom stereocenters. The van der Waals surface area contributed by atoms with Gasteiger partial charge in [-0.3, -0.25) is 20.0 Å². The van der Waals surface area contributed by atoms with Gasteiger partial charge < -0.3 is 21.0 Å². The van der Waals surface area contributed by atoms with E-state index < -0.39 is 28.7 Å². The summed E-state index contributed by atoms with van der Waals surface area (Å²) >= 11 is 4.75. The van der Waals surface area contributed by atoms with Gasteiger partial charge in [-0.2, -0.15) is 10.3 Å². The number of ether oxygens (including phenoxy) is 1. The highest BCUT2D eigenvalue weighted by atomic mass is 32.1. The van der Waals surface area contributed by atoms with Crippen molar-refractivity contribution in [2.45, 2.75) is 5.92 Å². The molecule has 1 amide bonds. The number of esters is 1. The zero-order valence-corrected chi connectivity index (χ0v) is 18.0. The number of benzene rings is 2. The van der Waals surface area contributed by atoms with Gasteiger partial charge in [-0.05, 0) is 30.4 Å². The number of carbonyl (C=O) groups excluding carboxylic acids is 2. The van der Waals surface area contributed by atoms with Crippen molar-refractivity contribution in [3.05, 3.63) is 65.6 Å². The van der Waals surface area contributed by atoms with Crippen LogP contribution >= 0.6 is 12.2 Å². The van der Waals surface area contributed by atoms with Crippen LogP contribution in [0.25, 0.3) is 11.0 Å². The number of nitrogens with zero attached hydrogens (tertiary/aromatic N) is 3. The summed E-state index contributed by atoms with van der Waals surface area (Å²) in [5, 5.41) is 25.7. The number of nitrogens with two attached hydrogens (primary N) is 1. The van der Waals surface area contributed by atoms with Gasteiger partial charge in [0.25, 0.3) is 5.91 Å². The van der Waals surface area contributed by atoms with Crippen LogP contribution in [0.4, 0.5) is 11.4 Å². The number of methoxy groups -OCH3 is 1. The molecule has 3 rings (SSSR count). The average molecular weight is 469 g/mol. The van der Waals surface area contributed by atoms with E-state index in [2.05, 4.69) is 25.8 Å². The third-order valence-corrected chi connectivity index (χ3v) is 4.49. The Morgan fingerprint density at radius 3 is 2.55 bits per heavy atom. The minimum absolute atomic E-state index is 0.00811. The van der Waals surface area contributed by atoms with Gasteiger partial charge in [-0.1, -0.05) is 24.3 Å². The number of rotatable bonds is 7. The van der Waals surface area contributed by atoms with Crippen LogP contribution in [0, 0.1) is 5.21 Å². The number of nitrogens with one attached hydrogen (secondary N) is 3. The van der Waals surface area contributed by atoms with E-state index in [0.717, 1.165) is 7.11 Å². The maximum absolute atomic E-state index is 13.2. The molecule has 33 heavy (non-hydrogen) atoms. The zero-order valence-electron chi connectivity index (χ0n) is 17.2. The molecule has 0 radical (unpaired) electrons. The standard InChI is InChI=1S/C20H19N7O5S/c1-32-19(29)16(14-10-22-11-6-2-3-7-12(11)23-14)17(25-26-20(21)33)18(28)24-13-8-4-5-9-15(13)27(30)31/h2-10,16,27,30H,1H3,(H,24,28)(H3,21,26,33)/b25-17+. The fraction of sp³-hybridized carbons (Fsp3) is 0.100. The monoisotopic (exact) mass is 469 g/mol. The summed E-state index contributed by atoms with van der Waals surface area (Å²) in [5.74, 6) is -3.19. The first kappa shape index (κ1) is 23.6. The third kappa shape index (κ3) is 5.61. The molecule has 0 aliphatic heterocycles. The second-order valence-corrected chi connectivity index (χ2v) is 6.96. The van der Waals surface area contributed by atoms with Crippen LogP contribution in [-0.4, -0.2) is 45.0 Å². The lowest BCUT2D eigenvalue weighted by atomic mass is 9.98. The molecule has 0 spiro atoms. The Bertz CT molecular complexity index is 1230. The molecule has 12 nitrogen and oxygen atoms in total. The van der Waals surface area contributed by atoms with E-state index in [0.29, 0.717) is 11.0 Å². The van der Waals surface area contributed by atoms with E-state index in [1.807, 2.05) is 0 Å². The van der Waals surface area contributed by atoms with E-state index in [1.165, 1.54) is 24.4 Å². The van der Waals surface area contributed by atoms with Gasteiger partial charge in [-0.15, -0.1) is 0 Å². The number of amides is 1. The van der Waals surface area contributed by atoms with Crippen LogP contribution < -0.4 is 21.7 Å². The van der Waals surface area contributed by atoms with Gasteiger partial charge in [0, 0.05) is 6.07 Å². The molecule has 0 fully saturated rings. The molecule has 170 valence electrons. The number of hydrazone groups is 1. The summed E-state index contributed by atoms with van der Waals surface area (Å²) in [4.78, 5) is 34.6. The number of aromatic nitrogens is 2. The molecule has 2 unspecified atom stereocenters. The minimum Gasteiger partial charge on any atom is -0.595 e. The number of fused-ring (bicyclic) bond motifs is 1. The summed E-state index contributed by atoms with van der Waals surface area (Å²) in [6, 6.07) is 12.7. The SMILES string of the molecule is COC(=O)C(/C(=N\NC(N)=S)C(=O)Nc1ccccc1[NH+]([O-])O)c1cnc2ccccc2n1. The summed E-state index contributed by atoms with van der Waals surface area (Å²) in [5.41, 5.74) is 8.26. The predicted octanol–water partition coefficient (Wildman–Crippen LogP) is 0.118. The lowest BCUT2D eigenvalue weighted by Gasteiger charge is -2.19. The minimum atomic E-state index is -1.43. The Morgan fingerprint density at radius 1 is 1.21 bits per heavy atom. The summed E-state index contributed by atoms with van der Waals surface area (Å²) in [7, 11) is 1.14. The normalized spacial score (nSPS) is 13.1. The van der Waals surface area contributed by atoms with Crippen molar-refractivity contribution in [1.29, 1.82) is 0 Å². The van der Waals surface area contributed by atoms with Gasteiger partial charge in [0.2, 0.25) is 0 Å². The largest absolute Gasteiger partial charge is 0.595 e. The van der Waals surface area contributed by atoms with Crippen LogP contribution in [-0.2, 0) is 14.3 Å². The Balaban J connectivity index is 2.08. The van der Waals surface area contributed by atoms with Gasteiger partial charge in [-0.25, -0.2) is 10.2 Å². The topological polar surface area (TPSA) is 179 Å². The molecule has 1 aromatic heterocycles. The summed E-state index contributed by atoms with van der Waals surface area (Å²) < 4.78 is 4.88. The number of quaternary nitrogens is 1. The van der Waals surface area contributed by atoms with Crippen molar-refractivity contribution >= 4 is 57.3 Å². The first-order chi connectivity index (χ1) is 15.8. The highest BCUT2D eigenvalue weighted by molar-refractivity contribution is 7.80. The Hall–Kier alpha value is -4.04. The molecule has 13 heteroatoms. The van der Waals surface area contributed by atoms with Crippen LogP contribution in [0.15, 0.2) is 59.8 Å². The highest BCUT2D eigenvalue weighted by Gasteiger charge is 2.35. The molecule has 3 aromatic rings. The summed E-state index contributed by atoms with van der Waals surface area (Å²) in [6.45, 7) is 0. The van der Waals surface area contributed by atoms with Crippen molar-refractivity contribution < 1.29 is 24.8 Å². The number of hydrogen-bond acceptors (Lipinski definition) is 9. The van der Waals surface area contributed by atoms with Crippen LogP contribution in [0.1, 0.15) is 11.6 Å². The van der Waals surface area contributed by atoms with Gasteiger partial charge in [0.15, 0.2) is 10.8 Å². The molecule has 2 aromatic carbocycles. The lowest BCUT2D eigenvalue weighted by molar-refractivity contribution is -0.990. The third-order valence-electron chi connectivity index (χ3n) is 4.40. The van der Waals surface area contributed by atoms with Gasteiger partial charge >= 0.3 is 5.97 Å². The van der Waals surface area contributed by atoms with E-state index in [-0.39, 0.29) is 22.2 Å². The second kappa shape index (κ2) is 10.5. The maximum Gasteiger partial charge on any atom is 0.321 e. The first-order valence-electron chi connectivity index (χ1n) is 9.38. The van der Waals surface area contributed by atoms with E-state index >= 15 is 0 Å². The maximum atomic E-state index is 13.2. The Kier molecular flexibility index (Phi) is 7.53. The van der Waals surface area contributed by atoms with Crippen LogP contribution in [0.2, 0.25) is 0 Å². The van der Waals surface area contributed by atoms with Gasteiger partial charge in [0.1, 0.15) is 17.3 Å². The summed E-state index contributed by atoms with van der Waals surface area (Å²) in [6.07, 6.45) is 1.32. The molecule has 0 aliphatic rings. The zero-order chi connectivity index (χ0) is 24.0. The Morgan fingerprint density at radius 2 is 1.88 bits per heavy atom. The highest BCUT2D eigenvalue weighted by Crippen LogP contribution is 2.22. The molecular weight excluding hydrogens is 450 g/mol. The molecule has 0 saturated carbocycles. The fourth-order valence-corrected chi connectivity index (χ4v) is 2.97. The van der Waals surface area contributed by atoms with Crippen molar-refractivity contribution in [3.63, 3.8) is 0 Å². The van der Waals surface area contributed by atoms with Crippen LogP contribution in [0.3, 0.4) is 0 Å². The lowest BCUT2D eigenvalue weighted by Crippen LogP contribution is -2.99. The smallest absolute Gasteiger partial charge is 0.321 e. The first-order valence-corrected chi connectivity index (χ1v) is 9.79. The fourth-order valence-electron chi connectivity index (χ4n) is 2.93. The molecule has 0 bridgehead atoms. The van der Waals surface area contributed by atoms with Crippen molar-refractivity contribution in [3.8, 4) is 0 Å². The molecular formula is C20H19N7O5S. The van der Waals surface area contributed by atoms with Gasteiger partial charge in [0.05, 0.1) is 30.0 Å².